The molecule has 0 aliphatic heterocycles. The molecule has 0 unspecified atom stereocenters. The average molecular weight is 420 g/mol. The maximum atomic E-state index is 12.4. The molecule has 0 saturated carbocycles. The Hall–Kier alpha value is -3.05. The molecule has 0 aliphatic rings. The van der Waals surface area contributed by atoms with Crippen LogP contribution < -0.4 is 17.0 Å². The molecule has 0 atom stereocenters. The monoisotopic (exact) mass is 420 g/mol. The molecule has 28 heavy (non-hydrogen) atoms. The van der Waals surface area contributed by atoms with Crippen molar-refractivity contribution in [2.24, 2.45) is 14.1 Å². The van der Waals surface area contributed by atoms with Crippen LogP contribution >= 0.6 is 22.7 Å². The van der Waals surface area contributed by atoms with Gasteiger partial charge < -0.3 is 10.5 Å². The molecule has 0 radical (unpaired) electrons. The van der Waals surface area contributed by atoms with Gasteiger partial charge in [-0.15, -0.1) is 22.7 Å². The zero-order valence-electron chi connectivity index (χ0n) is 15.2. The summed E-state index contributed by atoms with van der Waals surface area (Å²) in [7, 11) is 2.58. The van der Waals surface area contributed by atoms with E-state index in [2.05, 4.69) is 4.98 Å². The summed E-state index contributed by atoms with van der Waals surface area (Å²) in [6.45, 7) is 0.995. The predicted octanol–water partition coefficient (Wildman–Crippen LogP) is 1.20. The Morgan fingerprint density at radius 3 is 2.61 bits per heavy atom. The Kier molecular flexibility index (Phi) is 5.29. The van der Waals surface area contributed by atoms with Gasteiger partial charge >= 0.3 is 11.7 Å². The van der Waals surface area contributed by atoms with E-state index >= 15 is 0 Å². The van der Waals surface area contributed by atoms with Gasteiger partial charge in [0.25, 0.3) is 5.56 Å². The second kappa shape index (κ2) is 7.52. The second-order valence-corrected chi connectivity index (χ2v) is 7.82. The number of thiophene rings is 1. The SMILES string of the molecule is Cc1nc(-c2cccs2)sc1C(=O)OCC(=O)c1c(N)n(C)c(=O)n(C)c1=O. The standard InChI is InChI=1S/C17H16N4O5S2/c1-8-12(28-14(19-8)10-5-4-6-27-10)16(24)26-7-9(22)11-13(18)20(2)17(25)21(3)15(11)23/h4-6H,7,18H2,1-3H3. The van der Waals surface area contributed by atoms with Crippen molar-refractivity contribution in [2.75, 3.05) is 12.3 Å². The van der Waals surface area contributed by atoms with Crippen LogP contribution in [0.15, 0.2) is 27.1 Å². The highest BCUT2D eigenvalue weighted by atomic mass is 32.1. The van der Waals surface area contributed by atoms with Gasteiger partial charge in [0.1, 0.15) is 21.3 Å². The summed E-state index contributed by atoms with van der Waals surface area (Å²) in [6, 6.07) is 3.77. The van der Waals surface area contributed by atoms with Gasteiger partial charge in [-0.2, -0.15) is 0 Å². The van der Waals surface area contributed by atoms with Crippen LogP contribution in [0.25, 0.3) is 9.88 Å². The first-order valence-electron chi connectivity index (χ1n) is 7.99. The highest BCUT2D eigenvalue weighted by molar-refractivity contribution is 7.22. The van der Waals surface area contributed by atoms with Gasteiger partial charge in [0, 0.05) is 14.1 Å². The number of hydrogen-bond acceptors (Lipinski definition) is 9. The number of esters is 1. The zero-order chi connectivity index (χ0) is 20.6. The third-order valence-corrected chi connectivity index (χ3v) is 6.21. The van der Waals surface area contributed by atoms with E-state index in [4.69, 9.17) is 10.5 Å². The summed E-state index contributed by atoms with van der Waals surface area (Å²) >= 11 is 2.66. The molecule has 0 saturated heterocycles. The summed E-state index contributed by atoms with van der Waals surface area (Å²) in [5.74, 6) is -1.78. The maximum absolute atomic E-state index is 12.4. The zero-order valence-corrected chi connectivity index (χ0v) is 16.8. The Bertz CT molecular complexity index is 1190. The third kappa shape index (κ3) is 3.41. The molecular formula is C17H16N4O5S2. The quantitative estimate of drug-likeness (QED) is 0.485. The van der Waals surface area contributed by atoms with Gasteiger partial charge in [-0.05, 0) is 18.4 Å². The van der Waals surface area contributed by atoms with Crippen molar-refractivity contribution >= 4 is 40.2 Å². The molecule has 0 spiro atoms. The lowest BCUT2D eigenvalue weighted by Crippen LogP contribution is -2.42. The van der Waals surface area contributed by atoms with Gasteiger partial charge in [0.15, 0.2) is 6.61 Å². The number of carbonyl (C=O) groups is 2. The van der Waals surface area contributed by atoms with E-state index in [1.165, 1.54) is 25.4 Å². The molecule has 0 bridgehead atoms. The smallest absolute Gasteiger partial charge is 0.350 e. The summed E-state index contributed by atoms with van der Waals surface area (Å²) < 4.78 is 6.82. The van der Waals surface area contributed by atoms with Gasteiger partial charge in [-0.25, -0.2) is 14.6 Å². The molecule has 3 rings (SSSR count). The number of anilines is 1. The van der Waals surface area contributed by atoms with Crippen molar-refractivity contribution in [1.29, 1.82) is 0 Å². The number of ketones is 1. The number of carbonyl (C=O) groups excluding carboxylic acids is 2. The van der Waals surface area contributed by atoms with Crippen molar-refractivity contribution in [2.45, 2.75) is 6.92 Å². The summed E-state index contributed by atoms with van der Waals surface area (Å²) in [5, 5.41) is 2.59. The third-order valence-electron chi connectivity index (χ3n) is 4.04. The molecule has 3 aromatic heterocycles. The molecule has 3 aromatic rings. The number of ether oxygens (including phenoxy) is 1. The minimum absolute atomic E-state index is 0.275. The molecule has 0 amide bonds. The minimum atomic E-state index is -0.837. The highest BCUT2D eigenvalue weighted by Crippen LogP contribution is 2.31. The van der Waals surface area contributed by atoms with Gasteiger partial charge in [0.05, 0.1) is 10.6 Å². The largest absolute Gasteiger partial charge is 0.453 e. The van der Waals surface area contributed by atoms with E-state index in [1.807, 2.05) is 17.5 Å². The lowest BCUT2D eigenvalue weighted by molar-refractivity contribution is 0.0478. The fraction of sp³-hybridized carbons (Fsp3) is 0.235. The number of thiazole rings is 1. The normalized spacial score (nSPS) is 10.8. The number of nitrogens with two attached hydrogens (primary N) is 1. The van der Waals surface area contributed by atoms with Crippen LogP contribution in [0.2, 0.25) is 0 Å². The van der Waals surface area contributed by atoms with Crippen molar-refractivity contribution in [3.05, 3.63) is 54.5 Å². The van der Waals surface area contributed by atoms with Gasteiger partial charge in [-0.1, -0.05) is 6.07 Å². The lowest BCUT2D eigenvalue weighted by atomic mass is 10.2. The van der Waals surface area contributed by atoms with Crippen LogP contribution in [-0.2, 0) is 18.8 Å². The highest BCUT2D eigenvalue weighted by Gasteiger charge is 2.23. The molecule has 0 aromatic carbocycles. The van der Waals surface area contributed by atoms with E-state index in [-0.39, 0.29) is 10.7 Å². The number of nitrogens with zero attached hydrogens (tertiary/aromatic N) is 3. The van der Waals surface area contributed by atoms with Crippen LogP contribution in [0.5, 0.6) is 0 Å². The van der Waals surface area contributed by atoms with Crippen molar-refractivity contribution in [3.8, 4) is 9.88 Å². The molecule has 0 aliphatic carbocycles. The minimum Gasteiger partial charge on any atom is -0.453 e. The number of rotatable bonds is 5. The summed E-state index contributed by atoms with van der Waals surface area (Å²) in [6.07, 6.45) is 0. The first-order chi connectivity index (χ1) is 13.2. The van der Waals surface area contributed by atoms with Crippen molar-refractivity contribution in [1.82, 2.24) is 14.1 Å². The van der Waals surface area contributed by atoms with Gasteiger partial charge in [-0.3, -0.25) is 18.7 Å². The first kappa shape index (κ1) is 19.7. The maximum Gasteiger partial charge on any atom is 0.350 e. The Balaban J connectivity index is 1.80. The first-order valence-corrected chi connectivity index (χ1v) is 9.69. The molecule has 3 heterocycles. The molecule has 9 nitrogen and oxygen atoms in total. The van der Waals surface area contributed by atoms with Crippen molar-refractivity contribution < 1.29 is 14.3 Å². The molecule has 11 heteroatoms. The van der Waals surface area contributed by atoms with E-state index in [9.17, 15) is 19.2 Å². The Morgan fingerprint density at radius 1 is 1.25 bits per heavy atom. The van der Waals surface area contributed by atoms with Crippen LogP contribution in [0, 0.1) is 6.92 Å². The van der Waals surface area contributed by atoms with Gasteiger partial charge in [0.2, 0.25) is 5.78 Å². The fourth-order valence-electron chi connectivity index (χ4n) is 2.48. The van der Waals surface area contributed by atoms with E-state index in [0.717, 1.165) is 25.3 Å². The lowest BCUT2D eigenvalue weighted by Gasteiger charge is -2.10. The predicted molar refractivity (Wildman–Crippen MR) is 106 cm³/mol. The van der Waals surface area contributed by atoms with Crippen molar-refractivity contribution in [3.63, 3.8) is 0 Å². The molecule has 0 fully saturated rings. The second-order valence-electron chi connectivity index (χ2n) is 5.88. The number of aryl methyl sites for hydroxylation is 1. The molecular weight excluding hydrogens is 404 g/mol. The van der Waals surface area contributed by atoms with Crippen LogP contribution in [0.3, 0.4) is 0 Å². The van der Waals surface area contributed by atoms with E-state index in [0.29, 0.717) is 10.7 Å². The number of Topliss-reactive ketones (excluding diaryl/α,β-unsaturated/α-hetero) is 1. The van der Waals surface area contributed by atoms with E-state index < -0.39 is 35.2 Å². The Labute approximate surface area is 166 Å². The molecule has 2 N–H and O–H groups in total. The Morgan fingerprint density at radius 2 is 1.96 bits per heavy atom. The summed E-state index contributed by atoms with van der Waals surface area (Å²) in [4.78, 5) is 54.4. The van der Waals surface area contributed by atoms with Crippen LogP contribution in [0.1, 0.15) is 25.7 Å². The number of aromatic nitrogens is 3. The number of hydrogen-bond donors (Lipinski definition) is 1. The topological polar surface area (TPSA) is 126 Å². The van der Waals surface area contributed by atoms with Crippen LogP contribution in [0.4, 0.5) is 5.82 Å². The summed E-state index contributed by atoms with van der Waals surface area (Å²) in [5.41, 5.74) is 4.34. The average Bonchev–Trinajstić information content (AvgIpc) is 3.32. The van der Waals surface area contributed by atoms with E-state index in [1.54, 1.807) is 6.92 Å². The number of nitrogen functional groups attached to an aromatic ring is 1. The fourth-order valence-corrected chi connectivity index (χ4v) is 4.24. The molecule has 146 valence electrons. The van der Waals surface area contributed by atoms with Crippen LogP contribution in [-0.4, -0.2) is 32.5 Å².